The molecule has 0 aliphatic rings. The molecule has 5 nitrogen and oxygen atoms in total. The molecule has 0 radical (unpaired) electrons. The van der Waals surface area contributed by atoms with E-state index in [4.69, 9.17) is 0 Å². The summed E-state index contributed by atoms with van der Waals surface area (Å²) in [6.45, 7) is 6.44. The van der Waals surface area contributed by atoms with Crippen LogP contribution in [0.5, 0.6) is 0 Å². The van der Waals surface area contributed by atoms with E-state index in [1.807, 2.05) is 13.8 Å². The van der Waals surface area contributed by atoms with E-state index >= 15 is 0 Å². The summed E-state index contributed by atoms with van der Waals surface area (Å²) in [5, 5.41) is 20.8. The molecule has 0 fully saturated rings. The molecule has 0 aliphatic carbocycles. The molecule has 0 N–H and O–H groups in total. The fourth-order valence-electron chi connectivity index (χ4n) is 1.39. The number of rotatable bonds is 8. The monoisotopic (exact) mass is 261 g/mol. The van der Waals surface area contributed by atoms with Crippen molar-refractivity contribution in [3.63, 3.8) is 0 Å². The first kappa shape index (κ1) is 23.0. The fraction of sp³-hybridized carbons (Fsp3) is 0.800. The van der Waals surface area contributed by atoms with Crippen LogP contribution in [-0.2, 0) is 9.59 Å². The Bertz CT molecular complexity index is 208. The number of nitrogens with zero attached hydrogens (tertiary/aromatic N) is 1. The second-order valence-electron chi connectivity index (χ2n) is 3.36. The molecule has 0 aromatic rings. The number of carbonyl (C=O) groups excluding carboxylic acids is 2. The number of carboxylic acids is 2. The van der Waals surface area contributed by atoms with Gasteiger partial charge >= 0.3 is 59.1 Å². The Kier molecular flexibility index (Phi) is 18.1. The van der Waals surface area contributed by atoms with E-state index in [0.29, 0.717) is 13.0 Å². The van der Waals surface area contributed by atoms with Crippen molar-refractivity contribution in [3.05, 3.63) is 0 Å². The maximum absolute atomic E-state index is 10.4. The van der Waals surface area contributed by atoms with Crippen LogP contribution in [0.1, 0.15) is 26.7 Å². The van der Waals surface area contributed by atoms with Gasteiger partial charge < -0.3 is 24.7 Å². The molecule has 0 aromatic heterocycles. The van der Waals surface area contributed by atoms with Crippen LogP contribution in [0.3, 0.4) is 0 Å². The second-order valence-corrected chi connectivity index (χ2v) is 3.36. The maximum atomic E-state index is 10.4. The van der Waals surface area contributed by atoms with Gasteiger partial charge in [0.15, 0.2) is 0 Å². The van der Waals surface area contributed by atoms with Gasteiger partial charge in [0, 0.05) is 5.92 Å². The van der Waals surface area contributed by atoms with Crippen LogP contribution in [0.15, 0.2) is 0 Å². The van der Waals surface area contributed by atoms with Crippen molar-refractivity contribution in [2.75, 3.05) is 19.6 Å². The van der Waals surface area contributed by atoms with E-state index in [0.717, 1.165) is 13.1 Å². The molecule has 0 rings (SSSR count). The Labute approximate surface area is 147 Å². The molecule has 0 aliphatic heterocycles. The van der Waals surface area contributed by atoms with Crippen molar-refractivity contribution in [3.8, 4) is 0 Å². The first-order valence-corrected chi connectivity index (χ1v) is 5.16. The molecule has 0 aromatic carbocycles. The molecule has 0 spiro atoms. The SMILES string of the molecule is CCN(CC)CCCC(C(=O)[O-])C(=O)[O-].[Na+].[Na+]. The van der Waals surface area contributed by atoms with Crippen molar-refractivity contribution >= 4 is 11.9 Å². The predicted molar refractivity (Wildman–Crippen MR) is 50.5 cm³/mol. The number of hydrogen-bond donors (Lipinski definition) is 0. The van der Waals surface area contributed by atoms with Gasteiger partial charge in [-0.1, -0.05) is 13.8 Å². The third-order valence-corrected chi connectivity index (χ3v) is 2.43. The zero-order valence-corrected chi connectivity index (χ0v) is 15.2. The van der Waals surface area contributed by atoms with Crippen molar-refractivity contribution in [2.45, 2.75) is 26.7 Å². The van der Waals surface area contributed by atoms with E-state index in [1.54, 1.807) is 0 Å². The van der Waals surface area contributed by atoms with Crippen LogP contribution >= 0.6 is 0 Å². The summed E-state index contributed by atoms with van der Waals surface area (Å²) in [5.41, 5.74) is 0. The molecule has 88 valence electrons. The van der Waals surface area contributed by atoms with Crippen molar-refractivity contribution in [1.29, 1.82) is 0 Å². The molecule has 0 bridgehead atoms. The number of carbonyl (C=O) groups is 2. The molecule has 0 amide bonds. The second kappa shape index (κ2) is 13.3. The molecule has 7 heteroatoms. The van der Waals surface area contributed by atoms with Gasteiger partial charge in [-0.2, -0.15) is 0 Å². The molecule has 0 atom stereocenters. The minimum atomic E-state index is -1.56. The molecule has 0 heterocycles. The summed E-state index contributed by atoms with van der Waals surface area (Å²) < 4.78 is 0. The standard InChI is InChI=1S/C10H19NO4.2Na/c1-3-11(4-2)7-5-6-8(9(12)13)10(14)15;;/h8H,3-7H2,1-2H3,(H,12,13)(H,14,15);;/q;2*+1/p-2. The first-order chi connectivity index (χ1) is 7.02. The zero-order valence-electron chi connectivity index (χ0n) is 11.2. The van der Waals surface area contributed by atoms with E-state index in [2.05, 4.69) is 4.90 Å². The quantitative estimate of drug-likeness (QED) is 0.320. The molecule has 0 saturated heterocycles. The van der Waals surface area contributed by atoms with Crippen LogP contribution in [0.2, 0.25) is 0 Å². The number of hydrogen-bond acceptors (Lipinski definition) is 5. The molecule has 17 heavy (non-hydrogen) atoms. The summed E-state index contributed by atoms with van der Waals surface area (Å²) in [7, 11) is 0. The van der Waals surface area contributed by atoms with E-state index in [9.17, 15) is 19.8 Å². The largest absolute Gasteiger partial charge is 1.00 e. The van der Waals surface area contributed by atoms with Gasteiger partial charge in [0.2, 0.25) is 0 Å². The van der Waals surface area contributed by atoms with Gasteiger partial charge in [0.25, 0.3) is 0 Å². The predicted octanol–water partition coefficient (Wildman–Crippen LogP) is -7.77. The van der Waals surface area contributed by atoms with E-state index in [-0.39, 0.29) is 65.5 Å². The van der Waals surface area contributed by atoms with Crippen molar-refractivity contribution < 1.29 is 78.9 Å². The Balaban J connectivity index is -0.000000980. The van der Waals surface area contributed by atoms with Gasteiger partial charge in [-0.05, 0) is 32.5 Å². The van der Waals surface area contributed by atoms with Crippen LogP contribution in [0, 0.1) is 5.92 Å². The summed E-state index contributed by atoms with van der Waals surface area (Å²) in [6, 6.07) is 0. The van der Waals surface area contributed by atoms with E-state index < -0.39 is 17.9 Å². The topological polar surface area (TPSA) is 83.5 Å². The zero-order chi connectivity index (χ0) is 11.8. The Morgan fingerprint density at radius 1 is 1.06 bits per heavy atom. The van der Waals surface area contributed by atoms with Crippen molar-refractivity contribution in [2.24, 2.45) is 5.92 Å². The third kappa shape index (κ3) is 10.5. The normalized spacial score (nSPS) is 9.65. The van der Waals surface area contributed by atoms with Crippen molar-refractivity contribution in [1.82, 2.24) is 4.90 Å². The summed E-state index contributed by atoms with van der Waals surface area (Å²) in [6.07, 6.45) is 0.593. The average Bonchev–Trinajstić information content (AvgIpc) is 2.17. The van der Waals surface area contributed by atoms with Crippen LogP contribution < -0.4 is 69.3 Å². The summed E-state index contributed by atoms with van der Waals surface area (Å²) >= 11 is 0. The smallest absolute Gasteiger partial charge is 0.549 e. The van der Waals surface area contributed by atoms with Gasteiger partial charge in [-0.25, -0.2) is 0 Å². The Hall–Kier alpha value is 0.900. The minimum Gasteiger partial charge on any atom is -0.549 e. The van der Waals surface area contributed by atoms with Gasteiger partial charge in [0.05, 0.1) is 11.9 Å². The first-order valence-electron chi connectivity index (χ1n) is 5.16. The van der Waals surface area contributed by atoms with Gasteiger partial charge in [0.1, 0.15) is 0 Å². The Morgan fingerprint density at radius 3 is 1.76 bits per heavy atom. The maximum Gasteiger partial charge on any atom is 1.00 e. The minimum absolute atomic E-state index is 0. The summed E-state index contributed by atoms with van der Waals surface area (Å²) in [4.78, 5) is 22.9. The van der Waals surface area contributed by atoms with Gasteiger partial charge in [-0.3, -0.25) is 0 Å². The average molecular weight is 261 g/mol. The number of aliphatic carboxylic acids is 2. The fourth-order valence-corrected chi connectivity index (χ4v) is 1.39. The van der Waals surface area contributed by atoms with Crippen LogP contribution in [0.25, 0.3) is 0 Å². The van der Waals surface area contributed by atoms with Gasteiger partial charge in [-0.15, -0.1) is 0 Å². The third-order valence-electron chi connectivity index (χ3n) is 2.43. The Morgan fingerprint density at radius 2 is 1.47 bits per heavy atom. The molecule has 0 saturated carbocycles. The van der Waals surface area contributed by atoms with Crippen LogP contribution in [-0.4, -0.2) is 36.5 Å². The van der Waals surface area contributed by atoms with E-state index in [1.165, 1.54) is 0 Å². The molecular weight excluding hydrogens is 244 g/mol. The number of carboxylic acid groups (broad SMARTS) is 2. The molecular formula is C10H17NNa2O4. The summed E-state index contributed by atoms with van der Waals surface area (Å²) in [5.74, 6) is -4.61. The molecule has 0 unspecified atom stereocenters. The van der Waals surface area contributed by atoms with Crippen LogP contribution in [0.4, 0.5) is 0 Å².